The molecule has 1 aromatic rings. The maximum absolute atomic E-state index is 10.2. The Kier molecular flexibility index (Phi) is 4.37. The largest absolute Gasteiger partial charge is 0.495 e. The number of pyridine rings is 1. The van der Waals surface area contributed by atoms with Crippen molar-refractivity contribution in [3.8, 4) is 5.75 Å². The predicted octanol–water partition coefficient (Wildman–Crippen LogP) is 3.09. The van der Waals surface area contributed by atoms with E-state index < -0.39 is 6.10 Å². The van der Waals surface area contributed by atoms with Crippen LogP contribution in [0.3, 0.4) is 0 Å². The molecule has 0 radical (unpaired) electrons. The highest BCUT2D eigenvalue weighted by Crippen LogP contribution is 2.32. The summed E-state index contributed by atoms with van der Waals surface area (Å²) < 4.78 is 5.12. The first-order valence-corrected chi connectivity index (χ1v) is 6.46. The Balaban J connectivity index is 1.95. The number of ether oxygens (including phenoxy) is 1. The Morgan fingerprint density at radius 1 is 1.35 bits per heavy atom. The molecule has 1 aromatic heterocycles. The van der Waals surface area contributed by atoms with Crippen LogP contribution >= 0.6 is 0 Å². The van der Waals surface area contributed by atoms with Crippen molar-refractivity contribution in [2.24, 2.45) is 5.92 Å². The van der Waals surface area contributed by atoms with E-state index in [-0.39, 0.29) is 0 Å². The highest BCUT2D eigenvalue weighted by molar-refractivity contribution is 5.25. The van der Waals surface area contributed by atoms with Gasteiger partial charge in [0.25, 0.3) is 0 Å². The summed E-state index contributed by atoms with van der Waals surface area (Å²) in [5.41, 5.74) is 0.870. The molecular formula is C14H21NO2. The second kappa shape index (κ2) is 6.01. The van der Waals surface area contributed by atoms with Gasteiger partial charge < -0.3 is 9.84 Å². The van der Waals surface area contributed by atoms with Crippen molar-refractivity contribution >= 4 is 0 Å². The number of methoxy groups -OCH3 is 1. The molecule has 1 heterocycles. The third-order valence-corrected chi connectivity index (χ3v) is 3.64. The number of rotatable bonds is 4. The normalized spacial score (nSPS) is 18.9. The Hall–Kier alpha value is -1.09. The summed E-state index contributed by atoms with van der Waals surface area (Å²) in [6, 6.07) is 1.88. The second-order valence-corrected chi connectivity index (χ2v) is 4.91. The van der Waals surface area contributed by atoms with Gasteiger partial charge in [-0.3, -0.25) is 4.98 Å². The fourth-order valence-corrected chi connectivity index (χ4v) is 2.60. The Labute approximate surface area is 103 Å². The lowest BCUT2D eigenvalue weighted by atomic mass is 9.84. The predicted molar refractivity (Wildman–Crippen MR) is 66.9 cm³/mol. The third-order valence-electron chi connectivity index (χ3n) is 3.64. The number of aliphatic hydroxyl groups excluding tert-OH is 1. The molecule has 1 aliphatic carbocycles. The van der Waals surface area contributed by atoms with Gasteiger partial charge in [-0.2, -0.15) is 0 Å². The summed E-state index contributed by atoms with van der Waals surface area (Å²) in [6.45, 7) is 0. The van der Waals surface area contributed by atoms with Crippen LogP contribution in [-0.2, 0) is 0 Å². The summed E-state index contributed by atoms with van der Waals surface area (Å²) in [6.07, 6.45) is 10.3. The molecule has 0 spiro atoms. The van der Waals surface area contributed by atoms with Crippen LogP contribution in [0.1, 0.15) is 50.2 Å². The summed E-state index contributed by atoms with van der Waals surface area (Å²) in [5, 5.41) is 10.2. The molecule has 0 saturated heterocycles. The van der Waals surface area contributed by atoms with E-state index in [1.165, 1.54) is 32.1 Å². The van der Waals surface area contributed by atoms with Crippen molar-refractivity contribution in [3.05, 3.63) is 24.0 Å². The van der Waals surface area contributed by atoms with Gasteiger partial charge in [0.1, 0.15) is 5.75 Å². The number of hydrogen-bond donors (Lipinski definition) is 1. The molecule has 1 N–H and O–H groups in total. The van der Waals surface area contributed by atoms with Crippen LogP contribution in [0.4, 0.5) is 0 Å². The molecule has 94 valence electrons. The number of nitrogens with zero attached hydrogens (tertiary/aromatic N) is 1. The van der Waals surface area contributed by atoms with Crippen LogP contribution in [0.25, 0.3) is 0 Å². The molecule has 1 atom stereocenters. The molecule has 1 unspecified atom stereocenters. The quantitative estimate of drug-likeness (QED) is 0.872. The van der Waals surface area contributed by atoms with Crippen molar-refractivity contribution in [1.29, 1.82) is 0 Å². The Morgan fingerprint density at radius 2 is 2.12 bits per heavy atom. The second-order valence-electron chi connectivity index (χ2n) is 4.91. The van der Waals surface area contributed by atoms with E-state index >= 15 is 0 Å². The summed E-state index contributed by atoms with van der Waals surface area (Å²) in [7, 11) is 1.62. The summed E-state index contributed by atoms with van der Waals surface area (Å²) in [4.78, 5) is 4.08. The lowest BCUT2D eigenvalue weighted by molar-refractivity contribution is 0.131. The molecule has 3 nitrogen and oxygen atoms in total. The molecule has 1 aliphatic rings. The monoisotopic (exact) mass is 235 g/mol. The molecule has 3 heteroatoms. The lowest BCUT2D eigenvalue weighted by Crippen LogP contribution is -2.11. The standard InChI is InChI=1S/C14H21NO2/c1-17-13-8-12(9-15-10-13)14(16)7-11-5-3-2-4-6-11/h8-11,14,16H,2-7H2,1H3. The van der Waals surface area contributed by atoms with E-state index in [4.69, 9.17) is 4.74 Å². The molecule has 1 fully saturated rings. The van der Waals surface area contributed by atoms with Crippen LogP contribution < -0.4 is 4.74 Å². The molecule has 0 amide bonds. The van der Waals surface area contributed by atoms with E-state index in [0.717, 1.165) is 12.0 Å². The summed E-state index contributed by atoms with van der Waals surface area (Å²) in [5.74, 6) is 1.38. The molecular weight excluding hydrogens is 214 g/mol. The highest BCUT2D eigenvalue weighted by Gasteiger charge is 2.19. The van der Waals surface area contributed by atoms with E-state index in [1.807, 2.05) is 6.07 Å². The number of aromatic nitrogens is 1. The topological polar surface area (TPSA) is 42.4 Å². The van der Waals surface area contributed by atoms with Gasteiger partial charge in [0, 0.05) is 11.8 Å². The van der Waals surface area contributed by atoms with Crippen LogP contribution in [-0.4, -0.2) is 17.2 Å². The Morgan fingerprint density at radius 3 is 2.82 bits per heavy atom. The average molecular weight is 235 g/mol. The van der Waals surface area contributed by atoms with Gasteiger partial charge >= 0.3 is 0 Å². The van der Waals surface area contributed by atoms with E-state index in [9.17, 15) is 5.11 Å². The minimum absolute atomic E-state index is 0.402. The molecule has 0 aliphatic heterocycles. The SMILES string of the molecule is COc1cncc(C(O)CC2CCCCC2)c1. The minimum Gasteiger partial charge on any atom is -0.495 e. The smallest absolute Gasteiger partial charge is 0.137 e. The molecule has 2 rings (SSSR count). The first kappa shape index (κ1) is 12.4. The maximum Gasteiger partial charge on any atom is 0.137 e. The average Bonchev–Trinajstić information content (AvgIpc) is 2.40. The van der Waals surface area contributed by atoms with Gasteiger partial charge in [0.15, 0.2) is 0 Å². The highest BCUT2D eigenvalue weighted by atomic mass is 16.5. The van der Waals surface area contributed by atoms with Gasteiger partial charge in [-0.05, 0) is 18.4 Å². The van der Waals surface area contributed by atoms with Crippen molar-refractivity contribution in [2.45, 2.75) is 44.6 Å². The molecule has 0 aromatic carbocycles. The molecule has 17 heavy (non-hydrogen) atoms. The van der Waals surface area contributed by atoms with Crippen LogP contribution in [0.15, 0.2) is 18.5 Å². The third kappa shape index (κ3) is 3.43. The fourth-order valence-electron chi connectivity index (χ4n) is 2.60. The lowest BCUT2D eigenvalue weighted by Gasteiger charge is -2.24. The van der Waals surface area contributed by atoms with Crippen LogP contribution in [0, 0.1) is 5.92 Å². The van der Waals surface area contributed by atoms with Gasteiger partial charge in [-0.25, -0.2) is 0 Å². The number of aliphatic hydroxyl groups is 1. The van der Waals surface area contributed by atoms with Gasteiger partial charge in [0.2, 0.25) is 0 Å². The number of hydrogen-bond acceptors (Lipinski definition) is 3. The van der Waals surface area contributed by atoms with E-state index in [0.29, 0.717) is 11.7 Å². The molecule has 0 bridgehead atoms. The fraction of sp³-hybridized carbons (Fsp3) is 0.643. The first-order valence-electron chi connectivity index (χ1n) is 6.46. The van der Waals surface area contributed by atoms with Gasteiger partial charge in [-0.15, -0.1) is 0 Å². The zero-order valence-corrected chi connectivity index (χ0v) is 10.4. The summed E-state index contributed by atoms with van der Waals surface area (Å²) >= 11 is 0. The van der Waals surface area contributed by atoms with Gasteiger partial charge in [-0.1, -0.05) is 32.1 Å². The zero-order valence-electron chi connectivity index (χ0n) is 10.4. The van der Waals surface area contributed by atoms with Crippen molar-refractivity contribution in [2.75, 3.05) is 7.11 Å². The maximum atomic E-state index is 10.2. The van der Waals surface area contributed by atoms with Crippen LogP contribution in [0.2, 0.25) is 0 Å². The zero-order chi connectivity index (χ0) is 12.1. The Bertz CT molecular complexity index is 348. The van der Waals surface area contributed by atoms with Crippen molar-refractivity contribution in [1.82, 2.24) is 4.98 Å². The molecule has 1 saturated carbocycles. The van der Waals surface area contributed by atoms with Crippen molar-refractivity contribution < 1.29 is 9.84 Å². The van der Waals surface area contributed by atoms with Crippen LogP contribution in [0.5, 0.6) is 5.75 Å². The van der Waals surface area contributed by atoms with Crippen molar-refractivity contribution in [3.63, 3.8) is 0 Å². The van der Waals surface area contributed by atoms with E-state index in [2.05, 4.69) is 4.98 Å². The van der Waals surface area contributed by atoms with E-state index in [1.54, 1.807) is 19.5 Å². The van der Waals surface area contributed by atoms with Gasteiger partial charge in [0.05, 0.1) is 19.4 Å². The first-order chi connectivity index (χ1) is 8.29. The minimum atomic E-state index is -0.402.